The van der Waals surface area contributed by atoms with Gasteiger partial charge in [0.2, 0.25) is 0 Å². The zero-order valence-corrected chi connectivity index (χ0v) is 8.76. The van der Waals surface area contributed by atoms with Crippen LogP contribution in [0.4, 0.5) is 0 Å². The SMILES string of the molecule is C[Si](C)(C)CC=CC[C@@H]1CO1. The molecule has 0 radical (unpaired) electrons. The minimum Gasteiger partial charge on any atom is -0.373 e. The molecule has 0 unspecified atom stereocenters. The third-order valence-corrected chi connectivity index (χ3v) is 3.16. The van der Waals surface area contributed by atoms with Crippen LogP contribution < -0.4 is 0 Å². The summed E-state index contributed by atoms with van der Waals surface area (Å²) >= 11 is 0. The summed E-state index contributed by atoms with van der Waals surface area (Å²) in [4.78, 5) is 0. The molecule has 1 nitrogen and oxygen atoms in total. The molecule has 1 atom stereocenters. The smallest absolute Gasteiger partial charge is 0.0844 e. The van der Waals surface area contributed by atoms with Crippen LogP contribution in [0.2, 0.25) is 25.7 Å². The number of ether oxygens (including phenoxy) is 1. The van der Waals surface area contributed by atoms with E-state index in [1.807, 2.05) is 0 Å². The minimum absolute atomic E-state index is 0.563. The van der Waals surface area contributed by atoms with Gasteiger partial charge in [0.05, 0.1) is 12.7 Å². The molecule has 0 N–H and O–H groups in total. The maximum atomic E-state index is 5.10. The molecular weight excluding hydrogens is 152 g/mol. The van der Waals surface area contributed by atoms with Crippen LogP contribution in [0.1, 0.15) is 6.42 Å². The van der Waals surface area contributed by atoms with Crippen LogP contribution >= 0.6 is 0 Å². The summed E-state index contributed by atoms with van der Waals surface area (Å²) in [6, 6.07) is 1.31. The van der Waals surface area contributed by atoms with Gasteiger partial charge in [0, 0.05) is 8.07 Å². The summed E-state index contributed by atoms with van der Waals surface area (Å²) < 4.78 is 5.10. The fourth-order valence-electron chi connectivity index (χ4n) is 0.889. The van der Waals surface area contributed by atoms with Gasteiger partial charge >= 0.3 is 0 Å². The van der Waals surface area contributed by atoms with Gasteiger partial charge in [0.1, 0.15) is 0 Å². The van der Waals surface area contributed by atoms with Crippen LogP contribution in [0.25, 0.3) is 0 Å². The molecule has 0 aromatic carbocycles. The number of hydrogen-bond acceptors (Lipinski definition) is 1. The molecular formula is C9H18OSi. The van der Waals surface area contributed by atoms with Crippen molar-refractivity contribution < 1.29 is 4.74 Å². The molecule has 1 fully saturated rings. The first-order valence-corrected chi connectivity index (χ1v) is 8.05. The molecule has 0 aliphatic carbocycles. The van der Waals surface area contributed by atoms with E-state index in [0.717, 1.165) is 13.0 Å². The quantitative estimate of drug-likeness (QED) is 0.359. The Balaban J connectivity index is 2.04. The number of allylic oxidation sites excluding steroid dienone is 1. The Morgan fingerprint density at radius 1 is 1.36 bits per heavy atom. The highest BCUT2D eigenvalue weighted by molar-refractivity contribution is 6.76. The monoisotopic (exact) mass is 170 g/mol. The first-order chi connectivity index (χ1) is 5.08. The van der Waals surface area contributed by atoms with E-state index in [0.29, 0.717) is 6.10 Å². The second-order valence-corrected chi connectivity index (χ2v) is 9.96. The Kier molecular flexibility index (Phi) is 2.90. The molecule has 1 rings (SSSR count). The summed E-state index contributed by atoms with van der Waals surface area (Å²) in [7, 11) is -0.836. The van der Waals surface area contributed by atoms with E-state index < -0.39 is 8.07 Å². The molecule has 0 bridgehead atoms. The van der Waals surface area contributed by atoms with Gasteiger partial charge in [-0.3, -0.25) is 0 Å². The van der Waals surface area contributed by atoms with Crippen LogP contribution in [0.5, 0.6) is 0 Å². The lowest BCUT2D eigenvalue weighted by atomic mass is 10.3. The minimum atomic E-state index is -0.836. The van der Waals surface area contributed by atoms with Gasteiger partial charge in [-0.2, -0.15) is 0 Å². The van der Waals surface area contributed by atoms with Gasteiger partial charge in [-0.1, -0.05) is 31.8 Å². The van der Waals surface area contributed by atoms with Crippen LogP contribution in [-0.4, -0.2) is 20.8 Å². The normalized spacial score (nSPS) is 24.5. The maximum Gasteiger partial charge on any atom is 0.0844 e. The maximum absolute atomic E-state index is 5.10. The fraction of sp³-hybridized carbons (Fsp3) is 0.778. The molecule has 0 spiro atoms. The highest BCUT2D eigenvalue weighted by Gasteiger charge is 2.20. The van der Waals surface area contributed by atoms with E-state index >= 15 is 0 Å². The Labute approximate surface area is 70.5 Å². The van der Waals surface area contributed by atoms with Crippen molar-refractivity contribution in [2.45, 2.75) is 38.2 Å². The van der Waals surface area contributed by atoms with Crippen molar-refractivity contribution >= 4 is 8.07 Å². The first kappa shape index (κ1) is 9.01. The van der Waals surface area contributed by atoms with E-state index in [-0.39, 0.29) is 0 Å². The van der Waals surface area contributed by atoms with Crippen molar-refractivity contribution in [1.82, 2.24) is 0 Å². The van der Waals surface area contributed by atoms with Gasteiger partial charge in [-0.25, -0.2) is 0 Å². The molecule has 0 aromatic rings. The lowest BCUT2D eigenvalue weighted by Crippen LogP contribution is -2.17. The average molecular weight is 170 g/mol. The van der Waals surface area contributed by atoms with Crippen molar-refractivity contribution in [3.05, 3.63) is 12.2 Å². The number of hydrogen-bond donors (Lipinski definition) is 0. The zero-order valence-electron chi connectivity index (χ0n) is 7.76. The van der Waals surface area contributed by atoms with Gasteiger partial charge < -0.3 is 4.74 Å². The second-order valence-electron chi connectivity index (χ2n) is 4.43. The summed E-state index contributed by atoms with van der Waals surface area (Å²) in [5.41, 5.74) is 0. The number of rotatable bonds is 4. The predicted octanol–water partition coefficient (Wildman–Crippen LogP) is 2.67. The summed E-state index contributed by atoms with van der Waals surface area (Å²) in [5, 5.41) is 0. The van der Waals surface area contributed by atoms with Crippen LogP contribution in [0.15, 0.2) is 12.2 Å². The zero-order chi connectivity index (χ0) is 8.32. The lowest BCUT2D eigenvalue weighted by molar-refractivity contribution is 0.410. The summed E-state index contributed by atoms with van der Waals surface area (Å²) in [5.74, 6) is 0. The third kappa shape index (κ3) is 5.22. The molecule has 0 aromatic heterocycles. The predicted molar refractivity (Wildman–Crippen MR) is 51.7 cm³/mol. The van der Waals surface area contributed by atoms with Crippen molar-refractivity contribution in [2.24, 2.45) is 0 Å². The fourth-order valence-corrected chi connectivity index (χ4v) is 1.76. The van der Waals surface area contributed by atoms with E-state index in [2.05, 4.69) is 31.8 Å². The number of epoxide rings is 1. The lowest BCUT2D eigenvalue weighted by Gasteiger charge is -2.11. The average Bonchev–Trinajstić information content (AvgIpc) is 2.60. The Hall–Kier alpha value is -0.0831. The Morgan fingerprint density at radius 2 is 2.00 bits per heavy atom. The molecule has 1 saturated heterocycles. The van der Waals surface area contributed by atoms with Gasteiger partial charge in [-0.05, 0) is 12.5 Å². The first-order valence-electron chi connectivity index (χ1n) is 4.34. The molecule has 0 saturated carbocycles. The molecule has 1 heterocycles. The molecule has 1 aliphatic rings. The second kappa shape index (κ2) is 3.54. The van der Waals surface area contributed by atoms with Gasteiger partial charge in [0.15, 0.2) is 0 Å². The highest BCUT2D eigenvalue weighted by Crippen LogP contribution is 2.15. The van der Waals surface area contributed by atoms with Crippen molar-refractivity contribution in [3.8, 4) is 0 Å². The van der Waals surface area contributed by atoms with Crippen LogP contribution in [-0.2, 0) is 4.74 Å². The largest absolute Gasteiger partial charge is 0.373 e. The van der Waals surface area contributed by atoms with E-state index in [1.165, 1.54) is 6.04 Å². The van der Waals surface area contributed by atoms with Crippen LogP contribution in [0, 0.1) is 0 Å². The van der Waals surface area contributed by atoms with E-state index in [1.54, 1.807) is 0 Å². The summed E-state index contributed by atoms with van der Waals surface area (Å²) in [6.07, 6.45) is 6.29. The summed E-state index contributed by atoms with van der Waals surface area (Å²) in [6.45, 7) is 8.16. The molecule has 0 amide bonds. The van der Waals surface area contributed by atoms with Gasteiger partial charge in [-0.15, -0.1) is 0 Å². The van der Waals surface area contributed by atoms with Crippen molar-refractivity contribution in [3.63, 3.8) is 0 Å². The molecule has 1 aliphatic heterocycles. The van der Waals surface area contributed by atoms with Crippen molar-refractivity contribution in [2.75, 3.05) is 6.61 Å². The van der Waals surface area contributed by atoms with E-state index in [4.69, 9.17) is 4.74 Å². The van der Waals surface area contributed by atoms with E-state index in [9.17, 15) is 0 Å². The highest BCUT2D eigenvalue weighted by atomic mass is 28.3. The third-order valence-electron chi connectivity index (χ3n) is 1.70. The molecule has 64 valence electrons. The van der Waals surface area contributed by atoms with Crippen LogP contribution in [0.3, 0.4) is 0 Å². The standard InChI is InChI=1S/C9H18OSi/c1-11(2,3)7-5-4-6-9-8-10-9/h4-5,9H,6-8H2,1-3H3/t9-/m1/s1. The van der Waals surface area contributed by atoms with Crippen molar-refractivity contribution in [1.29, 1.82) is 0 Å². The Bertz CT molecular complexity index is 142. The topological polar surface area (TPSA) is 12.5 Å². The molecule has 11 heavy (non-hydrogen) atoms. The molecule has 2 heteroatoms. The van der Waals surface area contributed by atoms with Gasteiger partial charge in [0.25, 0.3) is 0 Å². The Morgan fingerprint density at radius 3 is 2.45 bits per heavy atom.